The van der Waals surface area contributed by atoms with Gasteiger partial charge in [0.1, 0.15) is 28.8 Å². The maximum atomic E-state index is 13.2. The molecule has 1 aliphatic carbocycles. The largest absolute Gasteiger partial charge is 0.493 e. The predicted molar refractivity (Wildman–Crippen MR) is 173 cm³/mol. The summed E-state index contributed by atoms with van der Waals surface area (Å²) in [5, 5.41) is 6.01. The number of carbonyl (C=O) groups excluding carboxylic acids is 3. The molecule has 3 aliphatic heterocycles. The summed E-state index contributed by atoms with van der Waals surface area (Å²) >= 11 is 0. The number of aromatic nitrogens is 2. The van der Waals surface area contributed by atoms with Crippen LogP contribution in [-0.2, 0) is 16.1 Å². The molecule has 47 heavy (non-hydrogen) atoms. The maximum absolute atomic E-state index is 13.2. The Bertz CT molecular complexity index is 1620. The lowest BCUT2D eigenvalue weighted by atomic mass is 10.0. The molecule has 246 valence electrons. The van der Waals surface area contributed by atoms with E-state index in [4.69, 9.17) is 14.2 Å². The normalized spacial score (nSPS) is 22.0. The fourth-order valence-electron chi connectivity index (χ4n) is 6.22. The lowest BCUT2D eigenvalue weighted by molar-refractivity contribution is -0.123. The number of nitrogens with one attached hydrogen (secondary N) is 2. The summed E-state index contributed by atoms with van der Waals surface area (Å²) in [5.74, 6) is 2.19. The summed E-state index contributed by atoms with van der Waals surface area (Å²) in [6.45, 7) is 3.60. The molecule has 12 nitrogen and oxygen atoms in total. The SMILES string of the molecule is O=C1CCNC(=O)c2cc(OCC3CC3)cc(c2)Oc2cccc(c2)CO[C@@H]2CCN(c3cncc(C(=O)N4CCCC4)n3)C[C@@H]2N1. The Balaban J connectivity index is 1.09. The van der Waals surface area contributed by atoms with Crippen LogP contribution in [0.25, 0.3) is 0 Å². The molecule has 3 amide bonds. The van der Waals surface area contributed by atoms with Gasteiger partial charge in [0.2, 0.25) is 5.91 Å². The van der Waals surface area contributed by atoms with E-state index in [1.807, 2.05) is 34.1 Å². The lowest BCUT2D eigenvalue weighted by Crippen LogP contribution is -2.56. The van der Waals surface area contributed by atoms with Gasteiger partial charge in [0.25, 0.3) is 11.8 Å². The molecule has 2 saturated heterocycles. The van der Waals surface area contributed by atoms with Gasteiger partial charge in [0, 0.05) is 50.8 Å². The Labute approximate surface area is 273 Å². The smallest absolute Gasteiger partial charge is 0.274 e. The fourth-order valence-corrected chi connectivity index (χ4v) is 6.22. The number of anilines is 1. The molecule has 7 rings (SSSR count). The first kappa shape index (κ1) is 30.9. The highest BCUT2D eigenvalue weighted by Crippen LogP contribution is 2.32. The van der Waals surface area contributed by atoms with E-state index in [0.29, 0.717) is 73.0 Å². The van der Waals surface area contributed by atoms with E-state index < -0.39 is 0 Å². The van der Waals surface area contributed by atoms with Crippen LogP contribution in [0.15, 0.2) is 54.9 Å². The Hall–Kier alpha value is -4.71. The summed E-state index contributed by atoms with van der Waals surface area (Å²) in [7, 11) is 0. The number of amides is 3. The predicted octanol–water partition coefficient (Wildman–Crippen LogP) is 3.71. The Morgan fingerprint density at radius 2 is 1.87 bits per heavy atom. The molecule has 0 spiro atoms. The summed E-state index contributed by atoms with van der Waals surface area (Å²) in [5.41, 5.74) is 1.63. The molecule has 2 N–H and O–H groups in total. The topological polar surface area (TPSA) is 135 Å². The number of benzene rings is 2. The highest BCUT2D eigenvalue weighted by Gasteiger charge is 2.33. The molecule has 0 radical (unpaired) electrons. The Morgan fingerprint density at radius 3 is 2.72 bits per heavy atom. The second-order valence-electron chi connectivity index (χ2n) is 12.7. The second-order valence-corrected chi connectivity index (χ2v) is 12.7. The van der Waals surface area contributed by atoms with Gasteiger partial charge in [-0.25, -0.2) is 4.98 Å². The van der Waals surface area contributed by atoms with E-state index >= 15 is 0 Å². The molecular formula is C35H40N6O6. The van der Waals surface area contributed by atoms with Gasteiger partial charge >= 0.3 is 0 Å². The highest BCUT2D eigenvalue weighted by molar-refractivity contribution is 5.95. The average Bonchev–Trinajstić information content (AvgIpc) is 3.76. The molecule has 0 unspecified atom stereocenters. The minimum atomic E-state index is -0.358. The molecule has 4 bridgehead atoms. The number of carbonyl (C=O) groups is 3. The van der Waals surface area contributed by atoms with Crippen molar-refractivity contribution in [3.63, 3.8) is 0 Å². The molecule has 2 atom stereocenters. The molecule has 12 heteroatoms. The van der Waals surface area contributed by atoms with Crippen molar-refractivity contribution in [3.8, 4) is 17.2 Å². The van der Waals surface area contributed by atoms with Crippen molar-refractivity contribution in [1.29, 1.82) is 0 Å². The number of likely N-dealkylation sites (tertiary alicyclic amines) is 1. The van der Waals surface area contributed by atoms with Crippen LogP contribution >= 0.6 is 0 Å². The van der Waals surface area contributed by atoms with Crippen LogP contribution in [0.5, 0.6) is 17.2 Å². The molecule has 1 aromatic heterocycles. The summed E-state index contributed by atoms with van der Waals surface area (Å²) in [6.07, 6.45) is 7.92. The molecular weight excluding hydrogens is 600 g/mol. The van der Waals surface area contributed by atoms with Gasteiger partial charge in [-0.1, -0.05) is 12.1 Å². The van der Waals surface area contributed by atoms with Crippen LogP contribution in [0.3, 0.4) is 0 Å². The zero-order chi connectivity index (χ0) is 32.2. The zero-order valence-electron chi connectivity index (χ0n) is 26.4. The van der Waals surface area contributed by atoms with Crippen LogP contribution in [0.1, 0.15) is 64.9 Å². The number of fused-ring (bicyclic) bond motifs is 5. The monoisotopic (exact) mass is 640 g/mol. The van der Waals surface area contributed by atoms with Gasteiger partial charge < -0.3 is 34.6 Å². The first-order valence-corrected chi connectivity index (χ1v) is 16.6. The fraction of sp³-hybridized carbons (Fsp3) is 0.457. The van der Waals surface area contributed by atoms with Gasteiger partial charge in [0.05, 0.1) is 37.8 Å². The number of nitrogens with zero attached hydrogens (tertiary/aromatic N) is 4. The summed E-state index contributed by atoms with van der Waals surface area (Å²) in [4.78, 5) is 52.2. The van der Waals surface area contributed by atoms with Crippen molar-refractivity contribution in [2.75, 3.05) is 44.2 Å². The van der Waals surface area contributed by atoms with E-state index in [2.05, 4.69) is 20.6 Å². The first-order chi connectivity index (χ1) is 23.0. The highest BCUT2D eigenvalue weighted by atomic mass is 16.5. The van der Waals surface area contributed by atoms with Gasteiger partial charge in [-0.3, -0.25) is 19.4 Å². The number of rotatable bonds is 5. The van der Waals surface area contributed by atoms with E-state index in [0.717, 1.165) is 44.3 Å². The van der Waals surface area contributed by atoms with Gasteiger partial charge in [-0.15, -0.1) is 0 Å². The van der Waals surface area contributed by atoms with E-state index in [1.54, 1.807) is 24.4 Å². The van der Waals surface area contributed by atoms with E-state index in [-0.39, 0.29) is 42.8 Å². The Morgan fingerprint density at radius 1 is 1.00 bits per heavy atom. The van der Waals surface area contributed by atoms with E-state index in [1.165, 1.54) is 6.20 Å². The molecule has 4 heterocycles. The van der Waals surface area contributed by atoms with Crippen molar-refractivity contribution in [2.45, 2.75) is 57.3 Å². The standard InChI is InChI=1S/C35H40N6O6/c42-33-8-10-37-34(43)25-15-27(45-21-23-6-7-23)17-28(16-25)47-26-5-3-4-24(14-26)22-46-31-9-13-41(20-30(31)39-33)32-19-36-18-29(38-32)35(44)40-11-1-2-12-40/h3-5,14-19,23,30-31H,1-2,6-13,20-22H2,(H,37,43)(H,39,42)/t30-,31+/m0/s1. The van der Waals surface area contributed by atoms with Crippen LogP contribution in [-0.4, -0.2) is 84.1 Å². The van der Waals surface area contributed by atoms with Crippen LogP contribution in [0.2, 0.25) is 0 Å². The Kier molecular flexibility index (Phi) is 9.18. The van der Waals surface area contributed by atoms with Crippen molar-refractivity contribution in [1.82, 2.24) is 25.5 Å². The molecule has 4 aliphatic rings. The van der Waals surface area contributed by atoms with Crippen molar-refractivity contribution in [2.24, 2.45) is 5.92 Å². The van der Waals surface area contributed by atoms with Gasteiger partial charge in [-0.2, -0.15) is 0 Å². The van der Waals surface area contributed by atoms with Gasteiger partial charge in [-0.05, 0) is 67.9 Å². The lowest BCUT2D eigenvalue weighted by Gasteiger charge is -2.39. The summed E-state index contributed by atoms with van der Waals surface area (Å²) in [6, 6.07) is 12.5. The number of piperidine rings is 1. The minimum Gasteiger partial charge on any atom is -0.493 e. The zero-order valence-corrected chi connectivity index (χ0v) is 26.4. The minimum absolute atomic E-state index is 0.0938. The summed E-state index contributed by atoms with van der Waals surface area (Å²) < 4.78 is 18.6. The third-order valence-electron chi connectivity index (χ3n) is 9.01. The molecule has 3 fully saturated rings. The third kappa shape index (κ3) is 7.82. The quantitative estimate of drug-likeness (QED) is 0.428. The maximum Gasteiger partial charge on any atom is 0.274 e. The van der Waals surface area contributed by atoms with Crippen LogP contribution < -0.4 is 25.0 Å². The van der Waals surface area contributed by atoms with Crippen molar-refractivity contribution in [3.05, 3.63) is 71.7 Å². The molecule has 2 aromatic carbocycles. The van der Waals surface area contributed by atoms with Crippen molar-refractivity contribution >= 4 is 23.5 Å². The molecule has 3 aromatic rings. The molecule has 1 saturated carbocycles. The van der Waals surface area contributed by atoms with Crippen LogP contribution in [0, 0.1) is 5.92 Å². The first-order valence-electron chi connectivity index (χ1n) is 16.6. The number of hydrogen-bond acceptors (Lipinski definition) is 9. The average molecular weight is 641 g/mol. The second kappa shape index (κ2) is 14.0. The third-order valence-corrected chi connectivity index (χ3v) is 9.01. The van der Waals surface area contributed by atoms with Crippen LogP contribution in [0.4, 0.5) is 5.82 Å². The van der Waals surface area contributed by atoms with Crippen molar-refractivity contribution < 1.29 is 28.6 Å². The number of ether oxygens (including phenoxy) is 3. The van der Waals surface area contributed by atoms with E-state index in [9.17, 15) is 14.4 Å². The number of hydrogen-bond donors (Lipinski definition) is 2. The van der Waals surface area contributed by atoms with Gasteiger partial charge in [0.15, 0.2) is 0 Å².